The summed E-state index contributed by atoms with van der Waals surface area (Å²) < 4.78 is 0. The van der Waals surface area contributed by atoms with Crippen molar-refractivity contribution in [3.63, 3.8) is 0 Å². The number of nitrogens with zero attached hydrogens (tertiary/aromatic N) is 1. The molecule has 2 aliphatic rings. The molecule has 1 atom stereocenters. The van der Waals surface area contributed by atoms with Crippen molar-refractivity contribution in [1.29, 1.82) is 0 Å². The van der Waals surface area contributed by atoms with Crippen molar-refractivity contribution in [2.75, 3.05) is 13.1 Å². The minimum Gasteiger partial charge on any atom is -0.481 e. The van der Waals surface area contributed by atoms with Gasteiger partial charge in [0.25, 0.3) is 0 Å². The number of carboxylic acid groups (broad SMARTS) is 1. The second-order valence-electron chi connectivity index (χ2n) is 5.35. The summed E-state index contributed by atoms with van der Waals surface area (Å²) in [7, 11) is 0. The van der Waals surface area contributed by atoms with Gasteiger partial charge >= 0.3 is 5.97 Å². The molecule has 0 radical (unpaired) electrons. The van der Waals surface area contributed by atoms with Crippen molar-refractivity contribution >= 4 is 17.8 Å². The molecule has 2 aliphatic heterocycles. The zero-order valence-electron chi connectivity index (χ0n) is 10.4. The van der Waals surface area contributed by atoms with Gasteiger partial charge in [0, 0.05) is 19.5 Å². The number of carbonyl (C=O) groups excluding carboxylic acids is 2. The lowest BCUT2D eigenvalue weighted by Crippen LogP contribution is -2.50. The maximum absolute atomic E-state index is 12.1. The Hall–Kier alpha value is -1.59. The standard InChI is InChI=1S/C12H18N2O4/c1-12(11(17)18)4-6-14(7-5-12)10(16)8-2-3-9(15)13-8/h8H,2-7H2,1H3,(H,13,15)(H,17,18)/t8-/m0/s1. The van der Waals surface area contributed by atoms with Crippen LogP contribution in [0.15, 0.2) is 0 Å². The molecule has 0 bridgehead atoms. The van der Waals surface area contributed by atoms with E-state index in [2.05, 4.69) is 5.32 Å². The Bertz CT molecular complexity index is 386. The minimum atomic E-state index is -0.802. The molecule has 6 heteroatoms. The molecule has 0 aromatic rings. The maximum atomic E-state index is 12.1. The normalized spacial score (nSPS) is 26.8. The summed E-state index contributed by atoms with van der Waals surface area (Å²) in [6.45, 7) is 2.62. The van der Waals surface area contributed by atoms with E-state index in [0.29, 0.717) is 38.8 Å². The number of nitrogens with one attached hydrogen (secondary N) is 1. The molecule has 2 rings (SSSR count). The Morgan fingerprint density at radius 2 is 2.00 bits per heavy atom. The van der Waals surface area contributed by atoms with Crippen LogP contribution >= 0.6 is 0 Å². The molecule has 100 valence electrons. The molecule has 6 nitrogen and oxygen atoms in total. The van der Waals surface area contributed by atoms with Crippen LogP contribution in [0.1, 0.15) is 32.6 Å². The van der Waals surface area contributed by atoms with Crippen LogP contribution in [0, 0.1) is 5.41 Å². The Morgan fingerprint density at radius 3 is 2.44 bits per heavy atom. The predicted octanol–water partition coefficient (Wildman–Crippen LogP) is -0.0217. The topological polar surface area (TPSA) is 86.7 Å². The quantitative estimate of drug-likeness (QED) is 0.725. The first-order chi connectivity index (χ1) is 8.42. The Labute approximate surface area is 105 Å². The van der Waals surface area contributed by atoms with E-state index in [1.807, 2.05) is 0 Å². The van der Waals surface area contributed by atoms with E-state index in [4.69, 9.17) is 5.11 Å². The molecule has 0 unspecified atom stereocenters. The van der Waals surface area contributed by atoms with Gasteiger partial charge in [0.05, 0.1) is 5.41 Å². The lowest BCUT2D eigenvalue weighted by molar-refractivity contribution is -0.153. The smallest absolute Gasteiger partial charge is 0.309 e. The molecular weight excluding hydrogens is 236 g/mol. The Morgan fingerprint density at radius 1 is 1.39 bits per heavy atom. The molecule has 2 amide bonds. The molecule has 18 heavy (non-hydrogen) atoms. The average molecular weight is 254 g/mol. The molecule has 0 aliphatic carbocycles. The fraction of sp³-hybridized carbons (Fsp3) is 0.750. The number of hydrogen-bond donors (Lipinski definition) is 2. The van der Waals surface area contributed by atoms with Crippen LogP contribution in [0.4, 0.5) is 0 Å². The fourth-order valence-corrected chi connectivity index (χ4v) is 2.45. The highest BCUT2D eigenvalue weighted by Gasteiger charge is 2.40. The summed E-state index contributed by atoms with van der Waals surface area (Å²) >= 11 is 0. The minimum absolute atomic E-state index is 0.0757. The van der Waals surface area contributed by atoms with Crippen LogP contribution in [0.2, 0.25) is 0 Å². The molecule has 2 saturated heterocycles. The van der Waals surface area contributed by atoms with Crippen molar-refractivity contribution < 1.29 is 19.5 Å². The van der Waals surface area contributed by atoms with Crippen molar-refractivity contribution in [3.05, 3.63) is 0 Å². The van der Waals surface area contributed by atoms with E-state index in [9.17, 15) is 14.4 Å². The monoisotopic (exact) mass is 254 g/mol. The molecule has 0 aromatic carbocycles. The third kappa shape index (κ3) is 2.32. The first kappa shape index (κ1) is 12.9. The zero-order valence-corrected chi connectivity index (χ0v) is 10.4. The lowest BCUT2D eigenvalue weighted by atomic mass is 9.80. The molecule has 2 fully saturated rings. The van der Waals surface area contributed by atoms with Gasteiger partial charge in [-0.1, -0.05) is 0 Å². The molecule has 2 N–H and O–H groups in total. The van der Waals surface area contributed by atoms with Gasteiger partial charge in [-0.05, 0) is 26.2 Å². The van der Waals surface area contributed by atoms with Crippen molar-refractivity contribution in [1.82, 2.24) is 10.2 Å². The van der Waals surface area contributed by atoms with Crippen molar-refractivity contribution in [2.45, 2.75) is 38.6 Å². The molecular formula is C12H18N2O4. The fourth-order valence-electron chi connectivity index (χ4n) is 2.45. The van der Waals surface area contributed by atoms with Gasteiger partial charge in [0.15, 0.2) is 0 Å². The Kier molecular flexibility index (Phi) is 3.28. The summed E-state index contributed by atoms with van der Waals surface area (Å²) in [5.74, 6) is -0.960. The number of carbonyl (C=O) groups is 3. The van der Waals surface area contributed by atoms with Crippen LogP contribution in [0.5, 0.6) is 0 Å². The van der Waals surface area contributed by atoms with Crippen LogP contribution in [0.25, 0.3) is 0 Å². The van der Waals surface area contributed by atoms with Gasteiger partial charge in [-0.25, -0.2) is 0 Å². The number of hydrogen-bond acceptors (Lipinski definition) is 3. The number of likely N-dealkylation sites (tertiary alicyclic amines) is 1. The molecule has 0 saturated carbocycles. The first-order valence-corrected chi connectivity index (χ1v) is 6.24. The van der Waals surface area contributed by atoms with Gasteiger partial charge in [0.2, 0.25) is 11.8 Å². The first-order valence-electron chi connectivity index (χ1n) is 6.24. The van der Waals surface area contributed by atoms with E-state index >= 15 is 0 Å². The molecule has 0 aromatic heterocycles. The number of rotatable bonds is 2. The maximum Gasteiger partial charge on any atom is 0.309 e. The van der Waals surface area contributed by atoms with E-state index in [0.717, 1.165) is 0 Å². The van der Waals surface area contributed by atoms with Gasteiger partial charge in [-0.15, -0.1) is 0 Å². The summed E-state index contributed by atoms with van der Waals surface area (Å²) in [5, 5.41) is 11.8. The van der Waals surface area contributed by atoms with E-state index in [1.165, 1.54) is 0 Å². The number of carboxylic acids is 1. The van der Waals surface area contributed by atoms with Crippen LogP contribution in [-0.2, 0) is 14.4 Å². The summed E-state index contributed by atoms with van der Waals surface area (Å²) in [6, 6.07) is -0.410. The summed E-state index contributed by atoms with van der Waals surface area (Å²) in [4.78, 5) is 35.9. The number of piperidine rings is 1. The second kappa shape index (κ2) is 4.59. The highest BCUT2D eigenvalue weighted by molar-refractivity contribution is 5.91. The van der Waals surface area contributed by atoms with E-state index in [-0.39, 0.29) is 11.8 Å². The van der Waals surface area contributed by atoms with Gasteiger partial charge < -0.3 is 15.3 Å². The second-order valence-corrected chi connectivity index (χ2v) is 5.35. The Balaban J connectivity index is 1.92. The highest BCUT2D eigenvalue weighted by atomic mass is 16.4. The van der Waals surface area contributed by atoms with Crippen LogP contribution in [-0.4, -0.2) is 46.9 Å². The highest BCUT2D eigenvalue weighted by Crippen LogP contribution is 2.31. The summed E-state index contributed by atoms with van der Waals surface area (Å²) in [5.41, 5.74) is -0.726. The van der Waals surface area contributed by atoms with Crippen LogP contribution < -0.4 is 5.32 Å². The third-order valence-corrected chi connectivity index (χ3v) is 3.99. The third-order valence-electron chi connectivity index (χ3n) is 3.99. The average Bonchev–Trinajstić information content (AvgIpc) is 2.76. The molecule has 2 heterocycles. The van der Waals surface area contributed by atoms with Crippen LogP contribution in [0.3, 0.4) is 0 Å². The zero-order chi connectivity index (χ0) is 13.3. The van der Waals surface area contributed by atoms with Gasteiger partial charge in [-0.3, -0.25) is 14.4 Å². The van der Waals surface area contributed by atoms with Gasteiger partial charge in [-0.2, -0.15) is 0 Å². The largest absolute Gasteiger partial charge is 0.481 e. The number of aliphatic carboxylic acids is 1. The lowest BCUT2D eigenvalue weighted by Gasteiger charge is -2.37. The predicted molar refractivity (Wildman–Crippen MR) is 62.7 cm³/mol. The SMILES string of the molecule is CC1(C(=O)O)CCN(C(=O)[C@@H]2CCC(=O)N2)CC1. The number of amides is 2. The molecule has 0 spiro atoms. The van der Waals surface area contributed by atoms with E-state index in [1.54, 1.807) is 11.8 Å². The van der Waals surface area contributed by atoms with E-state index < -0.39 is 17.4 Å². The summed E-state index contributed by atoms with van der Waals surface area (Å²) in [6.07, 6.45) is 1.88. The van der Waals surface area contributed by atoms with Crippen molar-refractivity contribution in [2.24, 2.45) is 5.41 Å². The van der Waals surface area contributed by atoms with Gasteiger partial charge in [0.1, 0.15) is 6.04 Å². The van der Waals surface area contributed by atoms with Crippen molar-refractivity contribution in [3.8, 4) is 0 Å².